The van der Waals surface area contributed by atoms with Gasteiger partial charge in [0.25, 0.3) is 0 Å². The van der Waals surface area contributed by atoms with Crippen molar-refractivity contribution in [2.24, 2.45) is 0 Å². The molecule has 0 unspecified atom stereocenters. The minimum absolute atomic E-state index is 0.161. The molecule has 1 rings (SSSR count). The summed E-state index contributed by atoms with van der Waals surface area (Å²) in [5.41, 5.74) is 4.20. The van der Waals surface area contributed by atoms with Crippen LogP contribution in [0.4, 0.5) is 0 Å². The molecule has 0 aliphatic carbocycles. The van der Waals surface area contributed by atoms with Crippen LogP contribution < -0.4 is 21.1 Å². The Labute approximate surface area is 92.1 Å². The molecule has 0 saturated carbocycles. The topological polar surface area (TPSA) is 127 Å². The number of carboxylic acid groups (broad SMARTS) is 1. The number of carbonyl (C=O) groups excluding carboxylic acids is 2. The molecule has 6 N–H and O–H groups in total. The second-order valence-corrected chi connectivity index (χ2v) is 3.37. The third-order valence-corrected chi connectivity index (χ3v) is 2.05. The second-order valence-electron chi connectivity index (χ2n) is 3.37. The van der Waals surface area contributed by atoms with E-state index in [0.717, 1.165) is 0 Å². The molecule has 1 atom stereocenters. The molecule has 0 radical (unpaired) electrons. The maximum absolute atomic E-state index is 11.2. The summed E-state index contributed by atoms with van der Waals surface area (Å²) in [7, 11) is 0. The van der Waals surface area contributed by atoms with Crippen molar-refractivity contribution in [1.82, 2.24) is 10.3 Å². The summed E-state index contributed by atoms with van der Waals surface area (Å²) in [4.78, 5) is 27.6. The molecule has 7 heteroatoms. The molecule has 16 heavy (non-hydrogen) atoms. The van der Waals surface area contributed by atoms with Crippen LogP contribution in [0.15, 0.2) is 12.5 Å². The lowest BCUT2D eigenvalue weighted by Crippen LogP contribution is -2.54. The molecule has 1 aromatic rings. The van der Waals surface area contributed by atoms with Crippen LogP contribution in [0, 0.1) is 0 Å². The first kappa shape index (κ1) is 12.2. The van der Waals surface area contributed by atoms with E-state index in [2.05, 4.69) is 21.0 Å². The summed E-state index contributed by atoms with van der Waals surface area (Å²) in [6, 6.07) is -1.02. The molecule has 0 fully saturated rings. The number of carboxylic acids is 1. The van der Waals surface area contributed by atoms with Crippen LogP contribution in [0.3, 0.4) is 0 Å². The quantitative estimate of drug-likeness (QED) is 0.461. The number of carbonyl (C=O) groups is 2. The Morgan fingerprint density at radius 3 is 2.88 bits per heavy atom. The predicted octanol–water partition coefficient (Wildman–Crippen LogP) is -3.76. The van der Waals surface area contributed by atoms with Crippen molar-refractivity contribution in [2.45, 2.75) is 18.9 Å². The standard InChI is InChI=1S/C9H14N4O3/c10-2-1-8(14)13-7(9(15)16)3-6-4-11-5-12-6/h4-5,7H,1-3,10H2,(H,11,12)(H,13,14)(H,15,16)/p+1/t7-/m0/s1. The fourth-order valence-corrected chi connectivity index (χ4v) is 1.28. The van der Waals surface area contributed by atoms with Crippen LogP contribution in [0.25, 0.3) is 0 Å². The highest BCUT2D eigenvalue weighted by molar-refractivity contribution is 5.82. The van der Waals surface area contributed by atoms with Crippen molar-refractivity contribution in [3.05, 3.63) is 18.2 Å². The van der Waals surface area contributed by atoms with E-state index in [4.69, 9.17) is 0 Å². The van der Waals surface area contributed by atoms with E-state index in [1.807, 2.05) is 0 Å². The van der Waals surface area contributed by atoms with Crippen molar-refractivity contribution in [3.8, 4) is 0 Å². The van der Waals surface area contributed by atoms with Crippen LogP contribution in [0.1, 0.15) is 12.1 Å². The molecule has 88 valence electrons. The molecular weight excluding hydrogens is 212 g/mol. The molecule has 0 spiro atoms. The molecule has 1 aromatic heterocycles. The van der Waals surface area contributed by atoms with Gasteiger partial charge in [0.05, 0.1) is 25.0 Å². The Bertz CT molecular complexity index is 350. The van der Waals surface area contributed by atoms with Crippen LogP contribution in [-0.4, -0.2) is 29.4 Å². The molecule has 1 amide bonds. The van der Waals surface area contributed by atoms with Crippen LogP contribution in [0.5, 0.6) is 0 Å². The van der Waals surface area contributed by atoms with Crippen molar-refractivity contribution >= 4 is 11.9 Å². The van der Waals surface area contributed by atoms with E-state index in [1.54, 1.807) is 12.5 Å². The highest BCUT2D eigenvalue weighted by Gasteiger charge is 2.16. The van der Waals surface area contributed by atoms with Crippen LogP contribution in [0.2, 0.25) is 0 Å². The van der Waals surface area contributed by atoms with Crippen molar-refractivity contribution < 1.29 is 25.4 Å². The molecule has 0 aromatic carbocycles. The number of H-pyrrole nitrogens is 2. The summed E-state index contributed by atoms with van der Waals surface area (Å²) >= 11 is 0. The number of quaternary nitrogens is 1. The maximum Gasteiger partial charge on any atom is 0.239 e. The van der Waals surface area contributed by atoms with Gasteiger partial charge in [0.1, 0.15) is 11.9 Å². The zero-order chi connectivity index (χ0) is 12.0. The van der Waals surface area contributed by atoms with E-state index in [9.17, 15) is 14.7 Å². The van der Waals surface area contributed by atoms with Gasteiger partial charge in [-0.15, -0.1) is 0 Å². The third kappa shape index (κ3) is 3.70. The van der Waals surface area contributed by atoms with Crippen molar-refractivity contribution in [1.29, 1.82) is 0 Å². The summed E-state index contributed by atoms with van der Waals surface area (Å²) in [5, 5.41) is 13.2. The van der Waals surface area contributed by atoms with E-state index in [-0.39, 0.29) is 18.7 Å². The molecule has 0 aliphatic heterocycles. The Hall–Kier alpha value is -1.89. The van der Waals surface area contributed by atoms with Gasteiger partial charge in [-0.1, -0.05) is 0 Å². The maximum atomic E-state index is 11.2. The molecule has 0 aliphatic rings. The second kappa shape index (κ2) is 5.86. The van der Waals surface area contributed by atoms with Gasteiger partial charge in [0.2, 0.25) is 12.2 Å². The first-order chi connectivity index (χ1) is 7.63. The minimum Gasteiger partial charge on any atom is -0.548 e. The van der Waals surface area contributed by atoms with Gasteiger partial charge in [0.15, 0.2) is 0 Å². The van der Waals surface area contributed by atoms with Crippen molar-refractivity contribution in [3.63, 3.8) is 0 Å². The zero-order valence-corrected chi connectivity index (χ0v) is 8.79. The number of nitrogens with one attached hydrogen (secondary N) is 3. The fraction of sp³-hybridized carbons (Fsp3) is 0.444. The van der Waals surface area contributed by atoms with Crippen molar-refractivity contribution in [2.75, 3.05) is 6.54 Å². The van der Waals surface area contributed by atoms with E-state index in [0.29, 0.717) is 12.2 Å². The van der Waals surface area contributed by atoms with E-state index in [1.165, 1.54) is 0 Å². The number of hydrogen-bond donors (Lipinski definition) is 3. The Balaban J connectivity index is 2.54. The number of rotatable bonds is 6. The van der Waals surface area contributed by atoms with Gasteiger partial charge in [0, 0.05) is 6.42 Å². The SMILES string of the molecule is [NH3+]CCC(=O)N[C@@H](Cc1c[nH+]c[nH]1)C(=O)[O-]. The highest BCUT2D eigenvalue weighted by atomic mass is 16.4. The van der Waals surface area contributed by atoms with Gasteiger partial charge < -0.3 is 21.0 Å². The van der Waals surface area contributed by atoms with Crippen LogP contribution in [-0.2, 0) is 16.0 Å². The number of amides is 1. The largest absolute Gasteiger partial charge is 0.548 e. The average Bonchev–Trinajstić information content (AvgIpc) is 2.69. The zero-order valence-electron chi connectivity index (χ0n) is 8.79. The molecular formula is C9H15N4O3+. The lowest BCUT2D eigenvalue weighted by molar-refractivity contribution is -0.376. The normalized spacial score (nSPS) is 12.1. The smallest absolute Gasteiger partial charge is 0.239 e. The Morgan fingerprint density at radius 1 is 1.62 bits per heavy atom. The predicted molar refractivity (Wildman–Crippen MR) is 50.4 cm³/mol. The Kier molecular flexibility index (Phi) is 4.46. The third-order valence-electron chi connectivity index (χ3n) is 2.05. The highest BCUT2D eigenvalue weighted by Crippen LogP contribution is 1.96. The van der Waals surface area contributed by atoms with E-state index < -0.39 is 12.0 Å². The summed E-state index contributed by atoms with van der Waals surface area (Å²) in [5.74, 6) is -1.63. The number of aromatic nitrogens is 2. The minimum atomic E-state index is -1.30. The first-order valence-corrected chi connectivity index (χ1v) is 4.96. The van der Waals surface area contributed by atoms with Crippen LogP contribution >= 0.6 is 0 Å². The number of aromatic amines is 2. The lowest BCUT2D eigenvalue weighted by Gasteiger charge is -2.17. The number of imidazole rings is 1. The van der Waals surface area contributed by atoms with Gasteiger partial charge in [-0.3, -0.25) is 9.78 Å². The van der Waals surface area contributed by atoms with Gasteiger partial charge in [-0.25, -0.2) is 4.98 Å². The summed E-state index contributed by atoms with van der Waals surface area (Å²) in [6.45, 7) is 0.432. The molecule has 0 saturated heterocycles. The summed E-state index contributed by atoms with van der Waals surface area (Å²) < 4.78 is 0. The first-order valence-electron chi connectivity index (χ1n) is 4.96. The molecule has 1 heterocycles. The monoisotopic (exact) mass is 227 g/mol. The number of aliphatic carboxylic acids is 1. The average molecular weight is 227 g/mol. The Morgan fingerprint density at radius 2 is 2.38 bits per heavy atom. The molecule has 7 nitrogen and oxygen atoms in total. The fourth-order valence-electron chi connectivity index (χ4n) is 1.28. The van der Waals surface area contributed by atoms with Gasteiger partial charge >= 0.3 is 0 Å². The van der Waals surface area contributed by atoms with Gasteiger partial charge in [-0.05, 0) is 0 Å². The molecule has 0 bridgehead atoms. The van der Waals surface area contributed by atoms with Gasteiger partial charge in [-0.2, -0.15) is 0 Å². The number of hydrogen-bond acceptors (Lipinski definition) is 3. The lowest BCUT2D eigenvalue weighted by atomic mass is 10.1. The van der Waals surface area contributed by atoms with E-state index >= 15 is 0 Å². The summed E-state index contributed by atoms with van der Waals surface area (Å²) in [6.07, 6.45) is 3.57.